The number of thiol groups is 1. The van der Waals surface area contributed by atoms with Crippen LogP contribution in [0, 0.1) is 24.7 Å². The predicted molar refractivity (Wildman–Crippen MR) is 156 cm³/mol. The fourth-order valence-electron chi connectivity index (χ4n) is 3.91. The maximum atomic E-state index is 10.2. The van der Waals surface area contributed by atoms with Gasteiger partial charge in [-0.05, 0) is 54.4 Å². The van der Waals surface area contributed by atoms with Gasteiger partial charge in [-0.25, -0.2) is 0 Å². The summed E-state index contributed by atoms with van der Waals surface area (Å²) in [7, 11) is 0. The van der Waals surface area contributed by atoms with Crippen molar-refractivity contribution in [2.24, 2.45) is 17.8 Å². The van der Waals surface area contributed by atoms with Crippen molar-refractivity contribution < 1.29 is 13.7 Å². The van der Waals surface area contributed by atoms with Gasteiger partial charge in [-0.3, -0.25) is 4.79 Å². The fourth-order valence-corrected chi connectivity index (χ4v) is 4.45. The Morgan fingerprint density at radius 2 is 1.50 bits per heavy atom. The van der Waals surface area contributed by atoms with E-state index in [1.165, 1.54) is 51.4 Å². The summed E-state index contributed by atoms with van der Waals surface area (Å²) in [5.74, 6) is 4.30. The highest BCUT2D eigenvalue weighted by Gasteiger charge is 2.09. The second-order valence-corrected chi connectivity index (χ2v) is 10.2. The van der Waals surface area contributed by atoms with Crippen molar-refractivity contribution in [1.82, 2.24) is 0 Å². The van der Waals surface area contributed by atoms with E-state index in [4.69, 9.17) is 8.92 Å². The molecule has 1 aromatic rings. The van der Waals surface area contributed by atoms with Crippen LogP contribution < -0.4 is 8.92 Å². The molecule has 0 amide bonds. The van der Waals surface area contributed by atoms with E-state index in [0.29, 0.717) is 5.75 Å². The molecule has 2 atom stereocenters. The van der Waals surface area contributed by atoms with Gasteiger partial charge in [0.1, 0.15) is 29.2 Å². The number of hydrogen-bond acceptors (Lipinski definition) is 5. The number of aldehydes is 1. The summed E-state index contributed by atoms with van der Waals surface area (Å²) in [4.78, 5) is 10.2. The predicted octanol–water partition coefficient (Wildman–Crippen LogP) is 10.1. The average molecular weight is 515 g/mol. The van der Waals surface area contributed by atoms with Crippen LogP contribution in [0.1, 0.15) is 118 Å². The summed E-state index contributed by atoms with van der Waals surface area (Å²) >= 11 is 4.98. The van der Waals surface area contributed by atoms with E-state index in [2.05, 4.69) is 46.3 Å². The van der Waals surface area contributed by atoms with Gasteiger partial charge in [-0.2, -0.15) is 0 Å². The third-order valence-corrected chi connectivity index (χ3v) is 6.26. The molecule has 0 aliphatic rings. The lowest BCUT2D eigenvalue weighted by molar-refractivity contribution is -0.109. The van der Waals surface area contributed by atoms with E-state index in [1.807, 2.05) is 39.8 Å². The maximum Gasteiger partial charge on any atom is 0.157 e. The van der Waals surface area contributed by atoms with Crippen molar-refractivity contribution in [3.63, 3.8) is 0 Å². The van der Waals surface area contributed by atoms with E-state index in [0.717, 1.165) is 58.4 Å². The van der Waals surface area contributed by atoms with Crippen molar-refractivity contribution in [1.29, 1.82) is 0 Å². The zero-order chi connectivity index (χ0) is 26.4. The molecule has 1 rings (SSSR count). The number of rotatable bonds is 16. The van der Waals surface area contributed by atoms with Crippen LogP contribution in [0.25, 0.3) is 0 Å². The second kappa shape index (κ2) is 23.9. The zero-order valence-corrected chi connectivity index (χ0v) is 25.3. The Balaban J connectivity index is 0. The minimum absolute atomic E-state index is 0.0735. The molecule has 1 aromatic carbocycles. The Morgan fingerprint density at radius 1 is 0.941 bits per heavy atom. The highest BCUT2D eigenvalue weighted by Crippen LogP contribution is 2.32. The molecule has 0 heterocycles. The molecule has 0 radical (unpaired) electrons. The molecular weight excluding hydrogens is 460 g/mol. The lowest BCUT2D eigenvalue weighted by Crippen LogP contribution is -2.00. The summed E-state index contributed by atoms with van der Waals surface area (Å²) in [5, 5.41) is 0. The molecule has 0 saturated carbocycles. The topological polar surface area (TPSA) is 35.5 Å². The minimum atomic E-state index is 0.0735. The summed E-state index contributed by atoms with van der Waals surface area (Å²) < 4.78 is 10.6. The number of carbonyl (C=O) groups is 1. The first-order valence-corrected chi connectivity index (χ1v) is 15.3. The van der Waals surface area contributed by atoms with E-state index >= 15 is 0 Å². The molecule has 3 nitrogen and oxygen atoms in total. The molecule has 0 aliphatic heterocycles. The summed E-state index contributed by atoms with van der Waals surface area (Å²) in [6.45, 7) is 19.8. The quantitative estimate of drug-likeness (QED) is 0.103. The average Bonchev–Trinajstić information content (AvgIpc) is 2.81. The van der Waals surface area contributed by atoms with Crippen molar-refractivity contribution in [2.75, 3.05) is 6.61 Å². The molecule has 5 heteroatoms. The lowest BCUT2D eigenvalue weighted by Gasteiger charge is -2.14. The number of hydrogen-bond donors (Lipinski definition) is 1. The lowest BCUT2D eigenvalue weighted by atomic mass is 9.92. The van der Waals surface area contributed by atoms with Crippen LogP contribution in [-0.2, 0) is 11.2 Å². The van der Waals surface area contributed by atoms with Gasteiger partial charge in [-0.15, -0.1) is 0 Å². The van der Waals surface area contributed by atoms with E-state index < -0.39 is 0 Å². The summed E-state index contributed by atoms with van der Waals surface area (Å²) in [5.41, 5.74) is 2.02. The first-order chi connectivity index (χ1) is 16.3. The molecule has 0 unspecified atom stereocenters. The van der Waals surface area contributed by atoms with E-state index in [1.54, 1.807) is 0 Å². The van der Waals surface area contributed by atoms with Gasteiger partial charge in [0.15, 0.2) is 6.29 Å². The molecular formula is C29H54O3S2. The maximum absolute atomic E-state index is 10.2. The number of benzene rings is 1. The number of aryl methyl sites for hydroxylation is 2. The second-order valence-electron chi connectivity index (χ2n) is 9.47. The molecule has 0 spiro atoms. The molecule has 0 bridgehead atoms. The van der Waals surface area contributed by atoms with Gasteiger partial charge >= 0.3 is 0 Å². The minimum Gasteiger partial charge on any atom is -0.486 e. The Kier molecular flexibility index (Phi) is 24.9. The molecule has 0 N–H and O–H groups in total. The first kappa shape index (κ1) is 35.4. The molecule has 0 saturated heterocycles. The van der Waals surface area contributed by atoms with Crippen molar-refractivity contribution in [3.05, 3.63) is 23.3 Å². The Labute approximate surface area is 221 Å². The van der Waals surface area contributed by atoms with Crippen LogP contribution >= 0.6 is 22.7 Å². The smallest absolute Gasteiger partial charge is 0.157 e. The molecule has 0 aliphatic carbocycles. The standard InChI is InChI=1S/C16H34.C11H14O3S2.C2H6/c1-6-9-15(4)12-8-13-16(5)11-7-10-14(2)3;1-3-9-7-10(13-5-4-12)6-8(2)11(9)14-16-15;1-2/h14-16H,6-13H2,1-5H3;4,6-7,15H,3,5H2,1-2H3;1-2H3/t15-,16+;;/m0../s1. The van der Waals surface area contributed by atoms with Crippen LogP contribution in [0.5, 0.6) is 11.5 Å². The summed E-state index contributed by atoms with van der Waals surface area (Å²) in [6, 6.07) is 3.73. The molecule has 200 valence electrons. The fraction of sp³-hybridized carbons (Fsp3) is 0.759. The SMILES string of the molecule is CC.CCC[C@H](C)CCC[C@H](C)CCCC(C)C.CCc1cc(OCC=O)cc(C)c1OSS. The first-order valence-electron chi connectivity index (χ1n) is 13.5. The Hall–Kier alpha value is -0.810. The van der Waals surface area contributed by atoms with Crippen LogP contribution in [0.15, 0.2) is 12.1 Å². The van der Waals surface area contributed by atoms with Crippen LogP contribution in [0.3, 0.4) is 0 Å². The molecule has 0 fully saturated rings. The third kappa shape index (κ3) is 18.5. The van der Waals surface area contributed by atoms with E-state index in [9.17, 15) is 4.79 Å². The van der Waals surface area contributed by atoms with Crippen molar-refractivity contribution in [3.8, 4) is 11.5 Å². The van der Waals surface area contributed by atoms with Crippen LogP contribution in [0.2, 0.25) is 0 Å². The van der Waals surface area contributed by atoms with Crippen LogP contribution in [0.4, 0.5) is 0 Å². The normalized spacial score (nSPS) is 12.1. The highest BCUT2D eigenvalue weighted by molar-refractivity contribution is 8.66. The van der Waals surface area contributed by atoms with Gasteiger partial charge in [0, 0.05) is 0 Å². The van der Waals surface area contributed by atoms with Crippen LogP contribution in [-0.4, -0.2) is 12.9 Å². The van der Waals surface area contributed by atoms with Gasteiger partial charge < -0.3 is 8.92 Å². The Morgan fingerprint density at radius 3 is 1.97 bits per heavy atom. The van der Waals surface area contributed by atoms with Gasteiger partial charge in [0.2, 0.25) is 0 Å². The highest BCUT2D eigenvalue weighted by atomic mass is 33.1. The monoisotopic (exact) mass is 514 g/mol. The van der Waals surface area contributed by atoms with Crippen molar-refractivity contribution in [2.45, 2.75) is 120 Å². The Bertz CT molecular complexity index is 605. The number of ether oxygens (including phenoxy) is 1. The largest absolute Gasteiger partial charge is 0.486 e. The van der Waals surface area contributed by atoms with Gasteiger partial charge in [-0.1, -0.05) is 118 Å². The summed E-state index contributed by atoms with van der Waals surface area (Å²) in [6.07, 6.45) is 13.0. The zero-order valence-electron chi connectivity index (χ0n) is 23.6. The van der Waals surface area contributed by atoms with Crippen molar-refractivity contribution >= 4 is 29.0 Å². The van der Waals surface area contributed by atoms with Gasteiger partial charge in [0.25, 0.3) is 0 Å². The number of carbonyl (C=O) groups excluding carboxylic acids is 1. The molecule has 34 heavy (non-hydrogen) atoms. The van der Waals surface area contributed by atoms with E-state index in [-0.39, 0.29) is 6.61 Å². The third-order valence-electron chi connectivity index (χ3n) is 5.80. The molecule has 0 aromatic heterocycles. The van der Waals surface area contributed by atoms with Gasteiger partial charge in [0.05, 0.1) is 0 Å².